The van der Waals surface area contributed by atoms with E-state index >= 15 is 0 Å². The highest BCUT2D eigenvalue weighted by Crippen LogP contribution is 2.37. The second-order valence-corrected chi connectivity index (χ2v) is 6.71. The monoisotopic (exact) mass is 414 g/mol. The molecule has 3 aromatic rings. The summed E-state index contributed by atoms with van der Waals surface area (Å²) in [5.74, 6) is -1.37. The molecular weight excluding hydrogens is 395 g/mol. The van der Waals surface area contributed by atoms with E-state index in [1.165, 1.54) is 41.0 Å². The molecule has 7 nitrogen and oxygen atoms in total. The molecule has 9 heteroatoms. The molecule has 3 N–H and O–H groups in total. The first-order valence-corrected chi connectivity index (χ1v) is 9.39. The molecule has 0 aliphatic rings. The summed E-state index contributed by atoms with van der Waals surface area (Å²) in [6, 6.07) is 10.3. The van der Waals surface area contributed by atoms with Gasteiger partial charge in [-0.05, 0) is 49.0 Å². The van der Waals surface area contributed by atoms with Crippen molar-refractivity contribution in [2.24, 2.45) is 10.2 Å². The van der Waals surface area contributed by atoms with E-state index in [1.807, 2.05) is 6.92 Å². The molecule has 0 aliphatic heterocycles. The number of aromatic hydroxyl groups is 2. The number of unbranched alkanes of at least 4 members (excludes halogenated alkanes) is 1. The first-order chi connectivity index (χ1) is 13.9. The SMILES string of the molecule is CCCCn1c(O)c2ccc(C(=O)N=NC(=S)Nc3ccccc3F)cc2c1O. The molecule has 1 aromatic heterocycles. The smallest absolute Gasteiger partial charge is 0.295 e. The van der Waals surface area contributed by atoms with Crippen molar-refractivity contribution in [2.45, 2.75) is 26.3 Å². The molecule has 2 aromatic carbocycles. The number of halogens is 1. The van der Waals surface area contributed by atoms with E-state index in [-0.39, 0.29) is 28.1 Å². The summed E-state index contributed by atoms with van der Waals surface area (Å²) in [5.41, 5.74) is 0.289. The highest BCUT2D eigenvalue weighted by Gasteiger charge is 2.17. The van der Waals surface area contributed by atoms with Gasteiger partial charge in [0.1, 0.15) is 5.82 Å². The summed E-state index contributed by atoms with van der Waals surface area (Å²) in [6.07, 6.45) is 1.69. The molecule has 0 atom stereocenters. The first-order valence-electron chi connectivity index (χ1n) is 8.98. The lowest BCUT2D eigenvalue weighted by atomic mass is 10.1. The molecule has 0 saturated heterocycles. The number of nitrogens with one attached hydrogen (secondary N) is 1. The maximum Gasteiger partial charge on any atom is 0.295 e. The molecular formula is C20H19FN4O3S. The van der Waals surface area contributed by atoms with E-state index in [4.69, 9.17) is 12.2 Å². The Hall–Kier alpha value is -3.33. The molecule has 150 valence electrons. The highest BCUT2D eigenvalue weighted by molar-refractivity contribution is 7.80. The Morgan fingerprint density at radius 3 is 2.59 bits per heavy atom. The molecule has 29 heavy (non-hydrogen) atoms. The van der Waals surface area contributed by atoms with E-state index in [1.54, 1.807) is 6.07 Å². The van der Waals surface area contributed by atoms with Crippen molar-refractivity contribution in [1.82, 2.24) is 4.57 Å². The first kappa shape index (κ1) is 20.4. The van der Waals surface area contributed by atoms with Crippen molar-refractivity contribution in [1.29, 1.82) is 0 Å². The fraction of sp³-hybridized carbons (Fsp3) is 0.200. The number of fused-ring (bicyclic) bond motifs is 1. The second-order valence-electron chi connectivity index (χ2n) is 6.33. The van der Waals surface area contributed by atoms with Crippen molar-refractivity contribution in [2.75, 3.05) is 5.32 Å². The number of carbonyl (C=O) groups excluding carboxylic acids is 1. The van der Waals surface area contributed by atoms with Crippen LogP contribution in [0.4, 0.5) is 10.1 Å². The van der Waals surface area contributed by atoms with Gasteiger partial charge in [0.15, 0.2) is 0 Å². The van der Waals surface area contributed by atoms with Crippen LogP contribution in [0.2, 0.25) is 0 Å². The Kier molecular flexibility index (Phi) is 6.18. The molecule has 1 amide bonds. The van der Waals surface area contributed by atoms with Gasteiger partial charge in [0.25, 0.3) is 5.91 Å². The summed E-state index contributed by atoms with van der Waals surface area (Å²) < 4.78 is 15.0. The molecule has 0 aliphatic carbocycles. The fourth-order valence-electron chi connectivity index (χ4n) is 2.83. The molecule has 0 unspecified atom stereocenters. The maximum atomic E-state index is 13.6. The lowest BCUT2D eigenvalue weighted by Gasteiger charge is -2.04. The summed E-state index contributed by atoms with van der Waals surface area (Å²) in [4.78, 5) is 12.3. The van der Waals surface area contributed by atoms with Crippen molar-refractivity contribution < 1.29 is 19.4 Å². The van der Waals surface area contributed by atoms with Crippen molar-refractivity contribution in [3.8, 4) is 11.8 Å². The Morgan fingerprint density at radius 1 is 1.14 bits per heavy atom. The number of aromatic nitrogens is 1. The zero-order valence-corrected chi connectivity index (χ0v) is 16.4. The van der Waals surface area contributed by atoms with Crippen LogP contribution in [0.25, 0.3) is 10.8 Å². The third-order valence-corrected chi connectivity index (χ3v) is 4.53. The maximum absolute atomic E-state index is 13.6. The van der Waals surface area contributed by atoms with Crippen molar-refractivity contribution in [3.05, 3.63) is 53.8 Å². The van der Waals surface area contributed by atoms with Gasteiger partial charge in [-0.1, -0.05) is 25.5 Å². The largest absolute Gasteiger partial charge is 0.494 e. The zero-order chi connectivity index (χ0) is 21.0. The molecule has 0 fully saturated rings. The lowest BCUT2D eigenvalue weighted by Crippen LogP contribution is -2.07. The number of nitrogens with zero attached hydrogens (tertiary/aromatic N) is 3. The van der Waals surface area contributed by atoms with Gasteiger partial charge >= 0.3 is 0 Å². The molecule has 0 spiro atoms. The minimum absolute atomic E-state index is 0.0539. The number of hydrogen-bond acceptors (Lipinski definition) is 4. The van der Waals surface area contributed by atoms with Gasteiger partial charge in [-0.25, -0.2) is 4.39 Å². The summed E-state index contributed by atoms with van der Waals surface area (Å²) >= 11 is 4.96. The van der Waals surface area contributed by atoms with Crippen molar-refractivity contribution in [3.63, 3.8) is 0 Å². The third kappa shape index (κ3) is 4.40. The minimum atomic E-state index is -0.690. The zero-order valence-electron chi connectivity index (χ0n) is 15.6. The van der Waals surface area contributed by atoms with Gasteiger partial charge in [-0.2, -0.15) is 0 Å². The molecule has 0 bridgehead atoms. The predicted molar refractivity (Wildman–Crippen MR) is 112 cm³/mol. The second kappa shape index (κ2) is 8.78. The van der Waals surface area contributed by atoms with Crippen LogP contribution in [0.5, 0.6) is 11.8 Å². The molecule has 0 saturated carbocycles. The van der Waals surface area contributed by atoms with Crippen molar-refractivity contribution >= 4 is 39.7 Å². The number of thiocarbonyl (C=S) groups is 1. The quantitative estimate of drug-likeness (QED) is 0.404. The average Bonchev–Trinajstić information content (AvgIpc) is 2.96. The van der Waals surface area contributed by atoms with Crippen LogP contribution in [0.3, 0.4) is 0 Å². The number of benzene rings is 2. The van der Waals surface area contributed by atoms with Gasteiger partial charge in [0.2, 0.25) is 16.9 Å². The van der Waals surface area contributed by atoms with Crippen LogP contribution in [0, 0.1) is 5.82 Å². The Labute approximate surface area is 171 Å². The van der Waals surface area contributed by atoms with E-state index in [0.29, 0.717) is 17.3 Å². The van der Waals surface area contributed by atoms with E-state index in [9.17, 15) is 19.4 Å². The molecule has 0 radical (unpaired) electrons. The van der Waals surface area contributed by atoms with Gasteiger partial charge < -0.3 is 15.5 Å². The summed E-state index contributed by atoms with van der Waals surface area (Å²) in [7, 11) is 0. The Bertz CT molecular complexity index is 1110. The lowest BCUT2D eigenvalue weighted by molar-refractivity contribution is 0.0995. The van der Waals surface area contributed by atoms with Gasteiger partial charge in [-0.3, -0.25) is 9.36 Å². The number of rotatable bonds is 5. The topological polar surface area (TPSA) is 99.2 Å². The predicted octanol–water partition coefficient (Wildman–Crippen LogP) is 4.98. The van der Waals surface area contributed by atoms with Gasteiger partial charge in [0, 0.05) is 22.9 Å². The standard InChI is InChI=1S/C20H19FN4O3S/c1-2-3-10-25-18(27)13-9-8-12(11-14(13)19(25)28)17(26)23-24-20(29)22-16-7-5-4-6-15(16)21/h4-9,11,27-28H,2-3,10H2,1H3,(H,22,29). The van der Waals surface area contributed by atoms with Crippen LogP contribution in [-0.2, 0) is 6.54 Å². The number of para-hydroxylation sites is 1. The van der Waals surface area contributed by atoms with E-state index in [0.717, 1.165) is 12.8 Å². The summed E-state index contributed by atoms with van der Waals surface area (Å²) in [6.45, 7) is 2.46. The number of carbonyl (C=O) groups is 1. The van der Waals surface area contributed by atoms with Crippen LogP contribution in [0.1, 0.15) is 30.1 Å². The number of azo groups is 1. The number of anilines is 1. The van der Waals surface area contributed by atoms with Crippen LogP contribution in [0.15, 0.2) is 52.7 Å². The van der Waals surface area contributed by atoms with Crippen LogP contribution >= 0.6 is 12.2 Å². The van der Waals surface area contributed by atoms with Gasteiger partial charge in [-0.15, -0.1) is 10.2 Å². The van der Waals surface area contributed by atoms with Crippen LogP contribution in [-0.4, -0.2) is 25.8 Å². The average molecular weight is 414 g/mol. The van der Waals surface area contributed by atoms with E-state index in [2.05, 4.69) is 15.5 Å². The number of hydrogen-bond donors (Lipinski definition) is 3. The minimum Gasteiger partial charge on any atom is -0.494 e. The third-order valence-electron chi connectivity index (χ3n) is 4.34. The molecule has 3 rings (SSSR count). The Balaban J connectivity index is 1.78. The highest BCUT2D eigenvalue weighted by atomic mass is 32.1. The van der Waals surface area contributed by atoms with E-state index < -0.39 is 11.7 Å². The molecule has 1 heterocycles. The van der Waals surface area contributed by atoms with Gasteiger partial charge in [0.05, 0.1) is 5.69 Å². The Morgan fingerprint density at radius 2 is 1.86 bits per heavy atom. The normalized spacial score (nSPS) is 11.2. The number of amides is 1. The summed E-state index contributed by atoms with van der Waals surface area (Å²) in [5, 5.41) is 31.0. The van der Waals surface area contributed by atoms with Crippen LogP contribution < -0.4 is 5.32 Å². The fourth-order valence-corrected chi connectivity index (χ4v) is 2.98.